The fourth-order valence-electron chi connectivity index (χ4n) is 8.47. The van der Waals surface area contributed by atoms with Gasteiger partial charge >= 0.3 is 0 Å². The van der Waals surface area contributed by atoms with Crippen LogP contribution in [-0.2, 0) is 0 Å². The zero-order chi connectivity index (χ0) is 51.5. The molecule has 0 saturated heterocycles. The molecule has 2 aliphatic rings. The van der Waals surface area contributed by atoms with Crippen molar-refractivity contribution in [3.05, 3.63) is 256 Å². The highest BCUT2D eigenvalue weighted by Gasteiger charge is 2.21. The van der Waals surface area contributed by atoms with E-state index in [1.807, 2.05) is 27.7 Å². The van der Waals surface area contributed by atoms with Crippen LogP contribution in [0.2, 0.25) is 0 Å². The van der Waals surface area contributed by atoms with Gasteiger partial charge in [-0.05, 0) is 192 Å². The third kappa shape index (κ3) is 14.9. The Labute approximate surface area is 430 Å². The Bertz CT molecular complexity index is 2910. The second-order valence-electron chi connectivity index (χ2n) is 18.4. The van der Waals surface area contributed by atoms with Crippen molar-refractivity contribution in [1.29, 1.82) is 0 Å². The second kappa shape index (κ2) is 27.3. The summed E-state index contributed by atoms with van der Waals surface area (Å²) < 4.78 is 0. The minimum absolute atomic E-state index is 0.999. The molecule has 0 bridgehead atoms. The van der Waals surface area contributed by atoms with Crippen LogP contribution in [0.1, 0.15) is 119 Å². The van der Waals surface area contributed by atoms with Gasteiger partial charge in [0.1, 0.15) is 0 Å². The van der Waals surface area contributed by atoms with Crippen molar-refractivity contribution in [2.24, 2.45) is 0 Å². The lowest BCUT2D eigenvalue weighted by Gasteiger charge is -2.31. The van der Waals surface area contributed by atoms with E-state index < -0.39 is 0 Å². The number of nitrogens with one attached hydrogen (secondary N) is 1. The van der Waals surface area contributed by atoms with E-state index in [9.17, 15) is 0 Å². The summed E-state index contributed by atoms with van der Waals surface area (Å²) in [5, 5.41) is 3.79. The minimum Gasteiger partial charge on any atom is -0.355 e. The van der Waals surface area contributed by atoms with Crippen LogP contribution < -0.4 is 10.2 Å². The van der Waals surface area contributed by atoms with Crippen LogP contribution in [0.15, 0.2) is 211 Å². The van der Waals surface area contributed by atoms with Crippen LogP contribution in [-0.4, -0.2) is 0 Å². The summed E-state index contributed by atoms with van der Waals surface area (Å²) in [5.74, 6) is 0. The smallest absolute Gasteiger partial charge is 0.0490 e. The number of allylic oxidation sites excluding steroid dienone is 7. The van der Waals surface area contributed by atoms with E-state index >= 15 is 0 Å². The van der Waals surface area contributed by atoms with Gasteiger partial charge in [0, 0.05) is 34.0 Å². The van der Waals surface area contributed by atoms with Crippen molar-refractivity contribution in [1.82, 2.24) is 0 Å². The lowest BCUT2D eigenvalue weighted by molar-refractivity contribution is 0.922. The molecule has 7 aromatic rings. The molecule has 7 aromatic carbocycles. The first-order valence-electron chi connectivity index (χ1n) is 25.9. The summed E-state index contributed by atoms with van der Waals surface area (Å²) in [6.45, 7) is 32.2. The standard InChI is InChI=1S/C49H46N2.C8H12.C8H10.2C2H6/c1-33-15-21-39(22-16-33)38(6)44-31-46(41-23-17-34(2)18-24-41)47(50-42-27-19-35(3)20-28-42)32-45(44)40-25-29-43(30-26-40)51(48-13-9-7-11-36(48)4)49-14-10-8-12-37(49)5;2*1-7-5-3-4-6-8(7)2;2*1-2/h7,9-11,13-32,50H,6,8,12H2,1-5H3;3,5H,4,6H2,1-2H3;3-6H,1-2H3;2*1-2H3. The predicted molar refractivity (Wildman–Crippen MR) is 316 cm³/mol. The molecular weight excluding hydrogens is 857 g/mol. The van der Waals surface area contributed by atoms with Crippen molar-refractivity contribution in [3.63, 3.8) is 0 Å². The lowest BCUT2D eigenvalue weighted by Crippen LogP contribution is -2.18. The average molecular weight is 937 g/mol. The maximum atomic E-state index is 4.71. The molecule has 1 N–H and O–H groups in total. The molecule has 2 heteroatoms. The van der Waals surface area contributed by atoms with E-state index in [-0.39, 0.29) is 0 Å². The van der Waals surface area contributed by atoms with E-state index in [1.54, 1.807) is 5.57 Å². The summed E-state index contributed by atoms with van der Waals surface area (Å²) >= 11 is 0. The van der Waals surface area contributed by atoms with Crippen LogP contribution in [0.3, 0.4) is 0 Å². The average Bonchev–Trinajstić information content (AvgIpc) is 3.39. The number of para-hydroxylation sites is 1. The third-order valence-electron chi connectivity index (χ3n) is 13.2. The van der Waals surface area contributed by atoms with Crippen molar-refractivity contribution in [2.75, 3.05) is 10.2 Å². The van der Waals surface area contributed by atoms with E-state index in [0.717, 1.165) is 68.9 Å². The summed E-state index contributed by atoms with van der Waals surface area (Å²) in [6, 6.07) is 56.8. The first-order chi connectivity index (χ1) is 34.4. The molecule has 0 aromatic heterocycles. The molecule has 2 aliphatic carbocycles. The molecule has 9 rings (SSSR count). The largest absolute Gasteiger partial charge is 0.355 e. The van der Waals surface area contributed by atoms with E-state index in [4.69, 9.17) is 6.58 Å². The number of aryl methyl sites for hydroxylation is 6. The maximum absolute atomic E-state index is 4.71. The van der Waals surface area contributed by atoms with Crippen LogP contribution in [0.25, 0.3) is 27.8 Å². The third-order valence-corrected chi connectivity index (χ3v) is 13.2. The molecule has 71 heavy (non-hydrogen) atoms. The van der Waals surface area contributed by atoms with Crippen LogP contribution >= 0.6 is 0 Å². The van der Waals surface area contributed by atoms with Gasteiger partial charge in [-0.25, -0.2) is 0 Å². The zero-order valence-electron chi connectivity index (χ0n) is 45.3. The highest BCUT2D eigenvalue weighted by molar-refractivity contribution is 5.95. The minimum atomic E-state index is 0.999. The van der Waals surface area contributed by atoms with Crippen molar-refractivity contribution >= 4 is 28.3 Å². The normalized spacial score (nSPS) is 12.5. The maximum Gasteiger partial charge on any atom is 0.0490 e. The van der Waals surface area contributed by atoms with Gasteiger partial charge in [-0.15, -0.1) is 0 Å². The molecule has 0 fully saturated rings. The molecule has 0 radical (unpaired) electrons. The van der Waals surface area contributed by atoms with Crippen LogP contribution in [0.4, 0.5) is 22.7 Å². The highest BCUT2D eigenvalue weighted by Crippen LogP contribution is 2.43. The predicted octanol–water partition coefficient (Wildman–Crippen LogP) is 20.9. The number of benzene rings is 7. The molecular formula is C69H80N2. The van der Waals surface area contributed by atoms with E-state index in [0.29, 0.717) is 0 Å². The molecule has 366 valence electrons. The topological polar surface area (TPSA) is 15.3 Å². The van der Waals surface area contributed by atoms with Gasteiger partial charge in [-0.3, -0.25) is 0 Å². The molecule has 2 nitrogen and oxygen atoms in total. The van der Waals surface area contributed by atoms with Gasteiger partial charge in [0.25, 0.3) is 0 Å². The molecule has 0 atom stereocenters. The zero-order valence-corrected chi connectivity index (χ0v) is 45.3. The number of nitrogens with zero attached hydrogens (tertiary/aromatic N) is 1. The number of rotatable bonds is 9. The molecule has 0 saturated carbocycles. The van der Waals surface area contributed by atoms with Gasteiger partial charge in [-0.1, -0.05) is 196 Å². The SMILES string of the molecule is C=C(c1ccc(C)cc1)c1cc(-c2ccc(C)cc2)c(Nc2ccc(C)cc2)cc1-c1ccc(N(C2=C(C)CCC=C2)c2ccccc2C)cc1.CC.CC.CC1=C(C)CCC=C1.Cc1ccccc1C. The fraction of sp³-hybridized carbons (Fsp3) is 0.246. The Morgan fingerprint density at radius 1 is 0.479 bits per heavy atom. The summed E-state index contributed by atoms with van der Waals surface area (Å²) in [6.07, 6.45) is 13.7. The molecule has 0 amide bonds. The quantitative estimate of drug-likeness (QED) is 0.155. The van der Waals surface area contributed by atoms with E-state index in [2.05, 4.69) is 255 Å². The van der Waals surface area contributed by atoms with Crippen LogP contribution in [0, 0.1) is 41.5 Å². The summed E-state index contributed by atoms with van der Waals surface area (Å²) in [7, 11) is 0. The highest BCUT2D eigenvalue weighted by atomic mass is 15.2. The van der Waals surface area contributed by atoms with Gasteiger partial charge in [0.2, 0.25) is 0 Å². The first kappa shape index (κ1) is 54.8. The Balaban J connectivity index is 0.000000392. The Morgan fingerprint density at radius 2 is 0.958 bits per heavy atom. The summed E-state index contributed by atoms with van der Waals surface area (Å²) in [4.78, 5) is 2.42. The van der Waals surface area contributed by atoms with Gasteiger partial charge in [0.15, 0.2) is 0 Å². The van der Waals surface area contributed by atoms with Gasteiger partial charge < -0.3 is 10.2 Å². The van der Waals surface area contributed by atoms with Crippen molar-refractivity contribution in [3.8, 4) is 22.3 Å². The second-order valence-corrected chi connectivity index (χ2v) is 18.4. The van der Waals surface area contributed by atoms with E-state index in [1.165, 1.54) is 68.8 Å². The lowest BCUT2D eigenvalue weighted by atomic mass is 9.87. The Hall–Kier alpha value is -7.16. The molecule has 0 unspecified atom stereocenters. The van der Waals surface area contributed by atoms with Gasteiger partial charge in [-0.2, -0.15) is 0 Å². The fourth-order valence-corrected chi connectivity index (χ4v) is 8.47. The Kier molecular flexibility index (Phi) is 21.1. The molecule has 0 spiro atoms. The first-order valence-corrected chi connectivity index (χ1v) is 25.9. The van der Waals surface area contributed by atoms with Crippen molar-refractivity contribution < 1.29 is 0 Å². The molecule has 0 heterocycles. The van der Waals surface area contributed by atoms with Gasteiger partial charge in [0.05, 0.1) is 0 Å². The monoisotopic (exact) mass is 937 g/mol. The number of anilines is 4. The van der Waals surface area contributed by atoms with Crippen molar-refractivity contribution in [2.45, 2.75) is 116 Å². The number of hydrogen-bond acceptors (Lipinski definition) is 2. The summed E-state index contributed by atoms with van der Waals surface area (Å²) in [5.41, 5.74) is 25.6. The van der Waals surface area contributed by atoms with Crippen LogP contribution in [0.5, 0.6) is 0 Å². The molecule has 0 aliphatic heterocycles. The number of hydrogen-bond donors (Lipinski definition) is 1. The Morgan fingerprint density at radius 3 is 1.46 bits per heavy atom.